The second-order valence-electron chi connectivity index (χ2n) is 3.90. The first-order chi connectivity index (χ1) is 8.71. The molecule has 1 nitrogen and oxygen atoms in total. The topological polar surface area (TPSA) is 12.0 Å². The molecule has 0 atom stereocenters. The molecular weight excluding hydrogens is 218 g/mol. The summed E-state index contributed by atoms with van der Waals surface area (Å²) in [7, 11) is 0. The molecule has 1 aromatic rings. The third kappa shape index (κ3) is 3.99. The molecule has 18 heavy (non-hydrogen) atoms. The first-order valence-corrected chi connectivity index (χ1v) is 6.06. The molecule has 0 bridgehead atoms. The SMILES string of the molecule is C#Cc1ccc(=C/C)/c(=C\C(=C)N/C=C\CC)c1. The van der Waals surface area contributed by atoms with E-state index in [0.29, 0.717) is 0 Å². The second-order valence-corrected chi connectivity index (χ2v) is 3.90. The van der Waals surface area contributed by atoms with Crippen LogP contribution < -0.4 is 15.8 Å². The molecule has 0 saturated heterocycles. The van der Waals surface area contributed by atoms with Gasteiger partial charge in [0.05, 0.1) is 0 Å². The van der Waals surface area contributed by atoms with Crippen molar-refractivity contribution in [3.63, 3.8) is 0 Å². The lowest BCUT2D eigenvalue weighted by molar-refractivity contribution is 1.10. The van der Waals surface area contributed by atoms with E-state index in [0.717, 1.165) is 28.1 Å². The van der Waals surface area contributed by atoms with Crippen molar-refractivity contribution in [3.05, 3.63) is 58.8 Å². The van der Waals surface area contributed by atoms with Crippen LogP contribution in [0.15, 0.2) is 42.8 Å². The average molecular weight is 237 g/mol. The summed E-state index contributed by atoms with van der Waals surface area (Å²) < 4.78 is 0. The van der Waals surface area contributed by atoms with Crippen LogP contribution in [0.3, 0.4) is 0 Å². The van der Waals surface area contributed by atoms with Gasteiger partial charge in [-0.2, -0.15) is 0 Å². The van der Waals surface area contributed by atoms with Gasteiger partial charge < -0.3 is 5.32 Å². The molecule has 0 aromatic heterocycles. The molecular formula is C17H19N. The first kappa shape index (κ1) is 13.9. The fraction of sp³-hybridized carbons (Fsp3) is 0.176. The summed E-state index contributed by atoms with van der Waals surface area (Å²) in [5.74, 6) is 2.65. The standard InChI is InChI=1S/C17H19N/c1-5-8-11-18-14(4)12-17-13-15(6-2)9-10-16(17)7-3/h2,7-13,18H,4-5H2,1,3H3/b11-8-,16-7-,17-12-. The highest BCUT2D eigenvalue weighted by Crippen LogP contribution is 1.90. The van der Waals surface area contributed by atoms with Gasteiger partial charge >= 0.3 is 0 Å². The Morgan fingerprint density at radius 1 is 1.44 bits per heavy atom. The van der Waals surface area contributed by atoms with E-state index in [1.807, 2.05) is 43.5 Å². The summed E-state index contributed by atoms with van der Waals surface area (Å²) in [4.78, 5) is 0. The van der Waals surface area contributed by atoms with Crippen LogP contribution in [0.4, 0.5) is 0 Å². The number of hydrogen-bond acceptors (Lipinski definition) is 1. The van der Waals surface area contributed by atoms with Crippen LogP contribution in [0.25, 0.3) is 12.2 Å². The van der Waals surface area contributed by atoms with Gasteiger partial charge in [-0.1, -0.05) is 37.6 Å². The summed E-state index contributed by atoms with van der Waals surface area (Å²) in [5.41, 5.74) is 1.72. The molecule has 0 radical (unpaired) electrons. The van der Waals surface area contributed by atoms with E-state index < -0.39 is 0 Å². The van der Waals surface area contributed by atoms with Crippen molar-refractivity contribution in [2.75, 3.05) is 0 Å². The number of rotatable bonds is 4. The van der Waals surface area contributed by atoms with Crippen molar-refractivity contribution in [2.24, 2.45) is 0 Å². The van der Waals surface area contributed by atoms with Crippen molar-refractivity contribution in [2.45, 2.75) is 20.3 Å². The van der Waals surface area contributed by atoms with Crippen molar-refractivity contribution >= 4 is 12.2 Å². The zero-order valence-electron chi connectivity index (χ0n) is 11.0. The van der Waals surface area contributed by atoms with E-state index in [9.17, 15) is 0 Å². The van der Waals surface area contributed by atoms with Crippen molar-refractivity contribution < 1.29 is 0 Å². The maximum Gasteiger partial charge on any atom is 0.0312 e. The average Bonchev–Trinajstić information content (AvgIpc) is 2.39. The van der Waals surface area contributed by atoms with Crippen LogP contribution in [-0.4, -0.2) is 0 Å². The van der Waals surface area contributed by atoms with Crippen LogP contribution in [0.2, 0.25) is 0 Å². The Morgan fingerprint density at radius 3 is 2.83 bits per heavy atom. The van der Waals surface area contributed by atoms with Gasteiger partial charge in [0.15, 0.2) is 0 Å². The van der Waals surface area contributed by atoms with Gasteiger partial charge in [-0.05, 0) is 48.2 Å². The molecule has 1 heteroatoms. The van der Waals surface area contributed by atoms with Crippen LogP contribution in [0, 0.1) is 12.3 Å². The van der Waals surface area contributed by atoms with Gasteiger partial charge in [-0.25, -0.2) is 0 Å². The number of hydrogen-bond donors (Lipinski definition) is 1. The van der Waals surface area contributed by atoms with Gasteiger partial charge in [0.1, 0.15) is 0 Å². The van der Waals surface area contributed by atoms with E-state index in [1.165, 1.54) is 0 Å². The van der Waals surface area contributed by atoms with Gasteiger partial charge in [0.25, 0.3) is 0 Å². The lowest BCUT2D eigenvalue weighted by Crippen LogP contribution is -2.25. The second kappa shape index (κ2) is 7.19. The highest BCUT2D eigenvalue weighted by atomic mass is 14.8. The molecule has 1 rings (SSSR count). The summed E-state index contributed by atoms with van der Waals surface area (Å²) >= 11 is 0. The van der Waals surface area contributed by atoms with Crippen LogP contribution in [0.5, 0.6) is 0 Å². The van der Waals surface area contributed by atoms with Crippen LogP contribution in [-0.2, 0) is 0 Å². The van der Waals surface area contributed by atoms with Crippen molar-refractivity contribution in [1.29, 1.82) is 0 Å². The summed E-state index contributed by atoms with van der Waals surface area (Å²) in [6.07, 6.45) is 14.4. The highest BCUT2D eigenvalue weighted by molar-refractivity contribution is 5.48. The molecule has 0 spiro atoms. The minimum Gasteiger partial charge on any atom is -0.362 e. The molecule has 0 aliphatic heterocycles. The van der Waals surface area contributed by atoms with E-state index in [4.69, 9.17) is 6.42 Å². The maximum absolute atomic E-state index is 5.42. The smallest absolute Gasteiger partial charge is 0.0312 e. The predicted molar refractivity (Wildman–Crippen MR) is 79.9 cm³/mol. The molecule has 0 fully saturated rings. The summed E-state index contributed by atoms with van der Waals surface area (Å²) in [5, 5.41) is 5.35. The summed E-state index contributed by atoms with van der Waals surface area (Å²) in [6.45, 7) is 8.07. The fourth-order valence-corrected chi connectivity index (χ4v) is 1.57. The zero-order valence-corrected chi connectivity index (χ0v) is 11.0. The molecule has 0 aliphatic rings. The Kier molecular flexibility index (Phi) is 5.54. The highest BCUT2D eigenvalue weighted by Gasteiger charge is 1.90. The van der Waals surface area contributed by atoms with E-state index in [2.05, 4.69) is 30.8 Å². The Bertz CT molecular complexity index is 597. The molecule has 1 aromatic carbocycles. The van der Waals surface area contributed by atoms with Gasteiger partial charge in [0.2, 0.25) is 0 Å². The van der Waals surface area contributed by atoms with Crippen molar-refractivity contribution in [3.8, 4) is 12.3 Å². The lowest BCUT2D eigenvalue weighted by atomic mass is 10.1. The Labute approximate surface area is 109 Å². The van der Waals surface area contributed by atoms with Crippen LogP contribution in [0.1, 0.15) is 25.8 Å². The molecule has 0 aliphatic carbocycles. The van der Waals surface area contributed by atoms with E-state index in [1.54, 1.807) is 0 Å². The number of nitrogens with one attached hydrogen (secondary N) is 1. The minimum atomic E-state index is 0.844. The Hall–Kier alpha value is -2.20. The quantitative estimate of drug-likeness (QED) is 0.792. The Balaban J connectivity index is 3.11. The largest absolute Gasteiger partial charge is 0.362 e. The molecule has 0 unspecified atom stereocenters. The predicted octanol–water partition coefficient (Wildman–Crippen LogP) is 2.28. The van der Waals surface area contributed by atoms with E-state index >= 15 is 0 Å². The van der Waals surface area contributed by atoms with Gasteiger partial charge in [0, 0.05) is 11.3 Å². The van der Waals surface area contributed by atoms with E-state index in [-0.39, 0.29) is 0 Å². The molecule has 0 saturated carbocycles. The van der Waals surface area contributed by atoms with Gasteiger partial charge in [-0.3, -0.25) is 0 Å². The molecule has 92 valence electrons. The Morgan fingerprint density at radius 2 is 2.22 bits per heavy atom. The lowest BCUT2D eigenvalue weighted by Gasteiger charge is -1.99. The normalized spacial score (nSPS) is 12.7. The molecule has 1 N–H and O–H groups in total. The van der Waals surface area contributed by atoms with Gasteiger partial charge in [-0.15, -0.1) is 6.42 Å². The first-order valence-electron chi connectivity index (χ1n) is 6.06. The van der Waals surface area contributed by atoms with Crippen LogP contribution >= 0.6 is 0 Å². The van der Waals surface area contributed by atoms with Crippen molar-refractivity contribution in [1.82, 2.24) is 5.32 Å². The summed E-state index contributed by atoms with van der Waals surface area (Å²) in [6, 6.07) is 5.96. The maximum atomic E-state index is 5.42. The number of terminal acetylenes is 1. The molecule has 0 heterocycles. The third-order valence-corrected chi connectivity index (χ3v) is 2.52. The third-order valence-electron chi connectivity index (χ3n) is 2.52. The monoisotopic (exact) mass is 237 g/mol. The number of benzene rings is 1. The minimum absolute atomic E-state index is 0.844. The molecule has 0 amide bonds. The fourth-order valence-electron chi connectivity index (χ4n) is 1.57. The number of allylic oxidation sites excluding steroid dienone is 2. The zero-order chi connectivity index (χ0) is 13.4.